The predicted octanol–water partition coefficient (Wildman–Crippen LogP) is 3.61. The number of hydrogen-bond donors (Lipinski definition) is 1. The van der Waals surface area contributed by atoms with E-state index in [1.54, 1.807) is 0 Å². The molecule has 0 aromatic heterocycles. The number of likely N-dealkylation sites (N-methyl/N-ethyl adjacent to an activating group) is 1. The van der Waals surface area contributed by atoms with Crippen molar-refractivity contribution >= 4 is 0 Å². The van der Waals surface area contributed by atoms with Gasteiger partial charge in [-0.05, 0) is 50.8 Å². The number of ether oxygens (including phenoxy) is 2. The fraction of sp³-hybridized carbons (Fsp3) is 0.647. The molecule has 0 amide bonds. The van der Waals surface area contributed by atoms with E-state index < -0.39 is 0 Å². The minimum atomic E-state index is -0.232. The normalized spacial score (nSPS) is 17.2. The summed E-state index contributed by atoms with van der Waals surface area (Å²) in [5, 5.41) is 3.31. The first-order valence-corrected chi connectivity index (χ1v) is 7.80. The van der Waals surface area contributed by atoms with Gasteiger partial charge in [-0.25, -0.2) is 0 Å². The van der Waals surface area contributed by atoms with E-state index in [0.29, 0.717) is 13.2 Å². The molecule has 0 radical (unpaired) electrons. The molecule has 0 bridgehead atoms. The van der Waals surface area contributed by atoms with Gasteiger partial charge in [0.25, 0.3) is 0 Å². The van der Waals surface area contributed by atoms with Crippen LogP contribution in [0.1, 0.15) is 56.2 Å². The van der Waals surface area contributed by atoms with E-state index in [-0.39, 0.29) is 12.3 Å². The summed E-state index contributed by atoms with van der Waals surface area (Å²) in [4.78, 5) is 0. The second-order valence-electron chi connectivity index (χ2n) is 5.34. The van der Waals surface area contributed by atoms with Crippen molar-refractivity contribution in [3.63, 3.8) is 0 Å². The van der Waals surface area contributed by atoms with Crippen LogP contribution in [0.25, 0.3) is 0 Å². The first kappa shape index (κ1) is 15.5. The van der Waals surface area contributed by atoms with Gasteiger partial charge in [-0.15, -0.1) is 0 Å². The summed E-state index contributed by atoms with van der Waals surface area (Å²) >= 11 is 0. The monoisotopic (exact) mass is 277 g/mol. The van der Waals surface area contributed by atoms with Crippen molar-refractivity contribution in [2.24, 2.45) is 0 Å². The van der Waals surface area contributed by atoms with Gasteiger partial charge in [-0.2, -0.15) is 0 Å². The first-order chi connectivity index (χ1) is 9.80. The van der Waals surface area contributed by atoms with Crippen molar-refractivity contribution < 1.29 is 9.47 Å². The van der Waals surface area contributed by atoms with Gasteiger partial charge in [0, 0.05) is 13.2 Å². The fourth-order valence-corrected chi connectivity index (χ4v) is 2.75. The van der Waals surface area contributed by atoms with Crippen LogP contribution in [0.5, 0.6) is 0 Å². The molecule has 0 spiro atoms. The van der Waals surface area contributed by atoms with Gasteiger partial charge in [-0.3, -0.25) is 0 Å². The maximum absolute atomic E-state index is 5.72. The molecule has 0 heterocycles. The molecule has 1 aliphatic carbocycles. The van der Waals surface area contributed by atoms with Crippen molar-refractivity contribution in [2.75, 3.05) is 20.3 Å². The zero-order valence-electron chi connectivity index (χ0n) is 12.9. The molecular formula is C17H27NO2. The van der Waals surface area contributed by atoms with E-state index in [1.807, 2.05) is 20.9 Å². The van der Waals surface area contributed by atoms with E-state index in [0.717, 1.165) is 5.92 Å². The maximum atomic E-state index is 5.72. The number of benzene rings is 1. The Morgan fingerprint density at radius 3 is 2.10 bits per heavy atom. The van der Waals surface area contributed by atoms with Crippen molar-refractivity contribution in [3.8, 4) is 0 Å². The Kier molecular flexibility index (Phi) is 6.02. The van der Waals surface area contributed by atoms with Crippen LogP contribution in [0.4, 0.5) is 0 Å². The Balaban J connectivity index is 2.08. The standard InChI is InChI=1S/C17H27NO2/c1-4-19-17(20-5-2)16(18-3)15-11-9-14(10-12-15)13-7-6-8-13/h9-13,16-18H,4-8H2,1-3H3. The van der Waals surface area contributed by atoms with E-state index in [1.165, 1.54) is 30.4 Å². The summed E-state index contributed by atoms with van der Waals surface area (Å²) in [7, 11) is 1.95. The summed E-state index contributed by atoms with van der Waals surface area (Å²) in [5.41, 5.74) is 2.70. The minimum Gasteiger partial charge on any atom is -0.351 e. The lowest BCUT2D eigenvalue weighted by atomic mass is 9.80. The predicted molar refractivity (Wildman–Crippen MR) is 81.9 cm³/mol. The summed E-state index contributed by atoms with van der Waals surface area (Å²) in [6, 6.07) is 9.02. The highest BCUT2D eigenvalue weighted by Crippen LogP contribution is 2.36. The maximum Gasteiger partial charge on any atom is 0.176 e. The minimum absolute atomic E-state index is 0.0744. The zero-order valence-corrected chi connectivity index (χ0v) is 12.9. The Hall–Kier alpha value is -0.900. The Bertz CT molecular complexity index is 380. The Morgan fingerprint density at radius 1 is 1.10 bits per heavy atom. The molecule has 0 aliphatic heterocycles. The van der Waals surface area contributed by atoms with Crippen LogP contribution in [0.15, 0.2) is 24.3 Å². The molecule has 1 fully saturated rings. The smallest absolute Gasteiger partial charge is 0.176 e. The van der Waals surface area contributed by atoms with Gasteiger partial charge < -0.3 is 14.8 Å². The number of nitrogens with one attached hydrogen (secondary N) is 1. The van der Waals surface area contributed by atoms with Crippen LogP contribution in [-0.2, 0) is 9.47 Å². The second-order valence-corrected chi connectivity index (χ2v) is 5.34. The van der Waals surface area contributed by atoms with Crippen LogP contribution < -0.4 is 5.32 Å². The molecule has 1 unspecified atom stereocenters. The number of rotatable bonds is 8. The second kappa shape index (κ2) is 7.77. The topological polar surface area (TPSA) is 30.5 Å². The van der Waals surface area contributed by atoms with Gasteiger partial charge in [0.1, 0.15) is 0 Å². The highest BCUT2D eigenvalue weighted by Gasteiger charge is 2.24. The molecule has 1 aromatic carbocycles. The van der Waals surface area contributed by atoms with Gasteiger partial charge in [0.05, 0.1) is 6.04 Å². The lowest BCUT2D eigenvalue weighted by Gasteiger charge is -2.28. The molecule has 112 valence electrons. The third-order valence-corrected chi connectivity index (χ3v) is 4.12. The molecule has 20 heavy (non-hydrogen) atoms. The average Bonchev–Trinajstić information content (AvgIpc) is 2.40. The third-order valence-electron chi connectivity index (χ3n) is 4.12. The summed E-state index contributed by atoms with van der Waals surface area (Å²) in [5.74, 6) is 0.784. The molecule has 1 aromatic rings. The molecule has 3 nitrogen and oxygen atoms in total. The van der Waals surface area contributed by atoms with Gasteiger partial charge >= 0.3 is 0 Å². The zero-order chi connectivity index (χ0) is 14.4. The largest absolute Gasteiger partial charge is 0.351 e. The molecule has 1 N–H and O–H groups in total. The van der Waals surface area contributed by atoms with Crippen molar-refractivity contribution in [3.05, 3.63) is 35.4 Å². The SMILES string of the molecule is CCOC(OCC)C(NC)c1ccc(C2CCC2)cc1. The fourth-order valence-electron chi connectivity index (χ4n) is 2.75. The highest BCUT2D eigenvalue weighted by molar-refractivity contribution is 5.28. The van der Waals surface area contributed by atoms with E-state index >= 15 is 0 Å². The summed E-state index contributed by atoms with van der Waals surface area (Å²) in [6.45, 7) is 5.31. The molecule has 1 saturated carbocycles. The highest BCUT2D eigenvalue weighted by atomic mass is 16.7. The van der Waals surface area contributed by atoms with Gasteiger partial charge in [0.15, 0.2) is 6.29 Å². The summed E-state index contributed by atoms with van der Waals surface area (Å²) < 4.78 is 11.4. The van der Waals surface area contributed by atoms with Gasteiger partial charge in [-0.1, -0.05) is 30.7 Å². The van der Waals surface area contributed by atoms with Gasteiger partial charge in [0.2, 0.25) is 0 Å². The van der Waals surface area contributed by atoms with Crippen molar-refractivity contribution in [2.45, 2.75) is 51.4 Å². The summed E-state index contributed by atoms with van der Waals surface area (Å²) in [6.07, 6.45) is 3.83. The van der Waals surface area contributed by atoms with Crippen molar-refractivity contribution in [1.29, 1.82) is 0 Å². The quantitative estimate of drug-likeness (QED) is 0.736. The lowest BCUT2D eigenvalue weighted by Crippen LogP contribution is -2.34. The molecule has 2 rings (SSSR count). The number of hydrogen-bond acceptors (Lipinski definition) is 3. The molecule has 1 atom stereocenters. The van der Waals surface area contributed by atoms with E-state index in [9.17, 15) is 0 Å². The Labute approximate surface area is 122 Å². The average molecular weight is 277 g/mol. The van der Waals surface area contributed by atoms with Crippen molar-refractivity contribution in [1.82, 2.24) is 5.32 Å². The van der Waals surface area contributed by atoms with E-state index in [2.05, 4.69) is 29.6 Å². The molecular weight excluding hydrogens is 250 g/mol. The molecule has 0 saturated heterocycles. The Morgan fingerprint density at radius 2 is 1.70 bits per heavy atom. The molecule has 3 heteroatoms. The lowest BCUT2D eigenvalue weighted by molar-refractivity contribution is -0.154. The van der Waals surface area contributed by atoms with Crippen LogP contribution >= 0.6 is 0 Å². The van der Waals surface area contributed by atoms with Crippen LogP contribution in [0, 0.1) is 0 Å². The third kappa shape index (κ3) is 3.60. The van der Waals surface area contributed by atoms with Crippen LogP contribution in [-0.4, -0.2) is 26.6 Å². The first-order valence-electron chi connectivity index (χ1n) is 7.80. The molecule has 1 aliphatic rings. The van der Waals surface area contributed by atoms with Crippen LogP contribution in [0.2, 0.25) is 0 Å². The van der Waals surface area contributed by atoms with E-state index in [4.69, 9.17) is 9.47 Å². The van der Waals surface area contributed by atoms with Crippen LogP contribution in [0.3, 0.4) is 0 Å².